The fourth-order valence-electron chi connectivity index (χ4n) is 1.99. The number of ether oxygens (including phenoxy) is 1. The van der Waals surface area contributed by atoms with Gasteiger partial charge in [0, 0.05) is 12.6 Å². The van der Waals surface area contributed by atoms with Gasteiger partial charge >= 0.3 is 0 Å². The van der Waals surface area contributed by atoms with Crippen LogP contribution in [0.25, 0.3) is 0 Å². The second kappa shape index (κ2) is 5.74. The summed E-state index contributed by atoms with van der Waals surface area (Å²) in [5, 5.41) is 13.6. The van der Waals surface area contributed by atoms with Crippen LogP contribution < -0.4 is 10.1 Å². The van der Waals surface area contributed by atoms with E-state index in [4.69, 9.17) is 4.74 Å². The SMILES string of the molecule is CC(O)(CNC1CC1)COc1ccc(C(C)(C)C)cc1. The van der Waals surface area contributed by atoms with E-state index < -0.39 is 5.60 Å². The van der Waals surface area contributed by atoms with Crippen molar-refractivity contribution in [3.8, 4) is 5.75 Å². The van der Waals surface area contributed by atoms with E-state index in [9.17, 15) is 5.11 Å². The van der Waals surface area contributed by atoms with Crippen molar-refractivity contribution in [2.24, 2.45) is 0 Å². The Morgan fingerprint density at radius 3 is 2.25 bits per heavy atom. The van der Waals surface area contributed by atoms with Crippen molar-refractivity contribution in [3.05, 3.63) is 29.8 Å². The lowest BCUT2D eigenvalue weighted by molar-refractivity contribution is 0.0120. The van der Waals surface area contributed by atoms with Crippen LogP contribution in [0.4, 0.5) is 0 Å². The standard InChI is InChI=1S/C17H27NO2/c1-16(2,3)13-5-9-15(10-6-13)20-12-17(4,19)11-18-14-7-8-14/h5-6,9-10,14,18-19H,7-8,11-12H2,1-4H3. The average molecular weight is 277 g/mol. The van der Waals surface area contributed by atoms with Crippen LogP contribution in [-0.2, 0) is 5.41 Å². The van der Waals surface area contributed by atoms with Gasteiger partial charge in [-0.1, -0.05) is 32.9 Å². The molecule has 0 amide bonds. The van der Waals surface area contributed by atoms with Gasteiger partial charge in [0.2, 0.25) is 0 Å². The van der Waals surface area contributed by atoms with E-state index in [1.807, 2.05) is 19.1 Å². The predicted octanol–water partition coefficient (Wildman–Crippen LogP) is 2.87. The molecule has 20 heavy (non-hydrogen) atoms. The first-order chi connectivity index (χ1) is 9.26. The highest BCUT2D eigenvalue weighted by atomic mass is 16.5. The molecule has 2 N–H and O–H groups in total. The molecule has 0 radical (unpaired) electrons. The van der Waals surface area contributed by atoms with Crippen molar-refractivity contribution in [2.45, 2.75) is 57.6 Å². The van der Waals surface area contributed by atoms with Crippen molar-refractivity contribution in [1.29, 1.82) is 0 Å². The molecule has 0 saturated heterocycles. The Bertz CT molecular complexity index is 427. The van der Waals surface area contributed by atoms with E-state index in [1.54, 1.807) is 0 Å². The molecule has 3 nitrogen and oxygen atoms in total. The van der Waals surface area contributed by atoms with Crippen molar-refractivity contribution < 1.29 is 9.84 Å². The molecule has 1 aromatic rings. The summed E-state index contributed by atoms with van der Waals surface area (Å²) in [6.45, 7) is 9.27. The zero-order chi connectivity index (χ0) is 14.8. The van der Waals surface area contributed by atoms with E-state index in [0.29, 0.717) is 19.2 Å². The Hall–Kier alpha value is -1.06. The highest BCUT2D eigenvalue weighted by Crippen LogP contribution is 2.24. The van der Waals surface area contributed by atoms with Gasteiger partial charge in [-0.2, -0.15) is 0 Å². The smallest absolute Gasteiger partial charge is 0.119 e. The van der Waals surface area contributed by atoms with Crippen LogP contribution in [-0.4, -0.2) is 29.9 Å². The maximum absolute atomic E-state index is 10.2. The molecule has 1 aliphatic carbocycles. The molecular formula is C17H27NO2. The first-order valence-corrected chi connectivity index (χ1v) is 7.45. The van der Waals surface area contributed by atoms with Gasteiger partial charge in [-0.05, 0) is 42.9 Å². The van der Waals surface area contributed by atoms with Gasteiger partial charge in [0.1, 0.15) is 18.0 Å². The highest BCUT2D eigenvalue weighted by Gasteiger charge is 2.27. The minimum atomic E-state index is -0.828. The van der Waals surface area contributed by atoms with Crippen LogP contribution in [0.3, 0.4) is 0 Å². The number of hydrogen-bond acceptors (Lipinski definition) is 3. The summed E-state index contributed by atoms with van der Waals surface area (Å²) >= 11 is 0. The van der Waals surface area contributed by atoms with E-state index in [0.717, 1.165) is 5.75 Å². The van der Waals surface area contributed by atoms with Gasteiger partial charge in [-0.25, -0.2) is 0 Å². The topological polar surface area (TPSA) is 41.5 Å². The number of benzene rings is 1. The molecule has 1 atom stereocenters. The van der Waals surface area contributed by atoms with E-state index in [-0.39, 0.29) is 5.41 Å². The normalized spacial score (nSPS) is 18.6. The Morgan fingerprint density at radius 1 is 1.15 bits per heavy atom. The summed E-state index contributed by atoms with van der Waals surface area (Å²) in [6.07, 6.45) is 2.45. The summed E-state index contributed by atoms with van der Waals surface area (Å²) in [6, 6.07) is 8.74. The molecule has 0 bridgehead atoms. The number of nitrogens with one attached hydrogen (secondary N) is 1. The van der Waals surface area contributed by atoms with Crippen LogP contribution in [0, 0.1) is 0 Å². The van der Waals surface area contributed by atoms with Crippen molar-refractivity contribution >= 4 is 0 Å². The van der Waals surface area contributed by atoms with Crippen molar-refractivity contribution in [3.63, 3.8) is 0 Å². The van der Waals surface area contributed by atoms with Gasteiger partial charge in [-0.3, -0.25) is 0 Å². The van der Waals surface area contributed by atoms with Crippen molar-refractivity contribution in [1.82, 2.24) is 5.32 Å². The average Bonchev–Trinajstić information content (AvgIpc) is 3.18. The van der Waals surface area contributed by atoms with Gasteiger partial charge < -0.3 is 15.2 Å². The van der Waals surface area contributed by atoms with Crippen LogP contribution in [0.15, 0.2) is 24.3 Å². The predicted molar refractivity (Wildman–Crippen MR) is 82.3 cm³/mol. The third kappa shape index (κ3) is 4.80. The summed E-state index contributed by atoms with van der Waals surface area (Å²) in [7, 11) is 0. The van der Waals surface area contributed by atoms with E-state index >= 15 is 0 Å². The largest absolute Gasteiger partial charge is 0.491 e. The van der Waals surface area contributed by atoms with Crippen LogP contribution >= 0.6 is 0 Å². The summed E-state index contributed by atoms with van der Waals surface area (Å²) in [5.41, 5.74) is 0.607. The second-order valence-electron chi connectivity index (χ2n) is 7.22. The molecular weight excluding hydrogens is 250 g/mol. The zero-order valence-corrected chi connectivity index (χ0v) is 13.1. The Labute approximate surface area is 122 Å². The first-order valence-electron chi connectivity index (χ1n) is 7.45. The monoisotopic (exact) mass is 277 g/mol. The molecule has 112 valence electrons. The maximum Gasteiger partial charge on any atom is 0.119 e. The zero-order valence-electron chi connectivity index (χ0n) is 13.1. The summed E-state index contributed by atoms with van der Waals surface area (Å²) in [5.74, 6) is 0.810. The van der Waals surface area contributed by atoms with Crippen LogP contribution in [0.5, 0.6) is 5.75 Å². The third-order valence-electron chi connectivity index (χ3n) is 3.62. The minimum Gasteiger partial charge on any atom is -0.491 e. The number of hydrogen-bond donors (Lipinski definition) is 2. The van der Waals surface area contributed by atoms with Crippen LogP contribution in [0.2, 0.25) is 0 Å². The van der Waals surface area contributed by atoms with Crippen molar-refractivity contribution in [2.75, 3.05) is 13.2 Å². The van der Waals surface area contributed by atoms with E-state index in [2.05, 4.69) is 38.2 Å². The Kier molecular flexibility index (Phi) is 4.40. The highest BCUT2D eigenvalue weighted by molar-refractivity contribution is 5.31. The Balaban J connectivity index is 1.83. The molecule has 1 unspecified atom stereocenters. The van der Waals surface area contributed by atoms with Crippen LogP contribution in [0.1, 0.15) is 46.1 Å². The first kappa shape index (κ1) is 15.3. The molecule has 2 rings (SSSR count). The molecule has 1 aromatic carbocycles. The Morgan fingerprint density at radius 2 is 1.75 bits per heavy atom. The lowest BCUT2D eigenvalue weighted by Gasteiger charge is -2.24. The fraction of sp³-hybridized carbons (Fsp3) is 0.647. The quantitative estimate of drug-likeness (QED) is 0.840. The molecule has 0 heterocycles. The minimum absolute atomic E-state index is 0.151. The van der Waals surface area contributed by atoms with Gasteiger partial charge in [-0.15, -0.1) is 0 Å². The third-order valence-corrected chi connectivity index (χ3v) is 3.62. The fourth-order valence-corrected chi connectivity index (χ4v) is 1.99. The molecule has 1 aliphatic rings. The molecule has 1 saturated carbocycles. The maximum atomic E-state index is 10.2. The lowest BCUT2D eigenvalue weighted by atomic mass is 9.87. The van der Waals surface area contributed by atoms with Gasteiger partial charge in [0.05, 0.1) is 0 Å². The van der Waals surface area contributed by atoms with E-state index in [1.165, 1.54) is 18.4 Å². The summed E-state index contributed by atoms with van der Waals surface area (Å²) in [4.78, 5) is 0. The number of rotatable bonds is 6. The molecule has 0 aliphatic heterocycles. The molecule has 0 spiro atoms. The summed E-state index contributed by atoms with van der Waals surface area (Å²) < 4.78 is 5.70. The van der Waals surface area contributed by atoms with Gasteiger partial charge in [0.25, 0.3) is 0 Å². The number of aliphatic hydroxyl groups is 1. The van der Waals surface area contributed by atoms with Gasteiger partial charge in [0.15, 0.2) is 0 Å². The molecule has 0 aromatic heterocycles. The molecule has 1 fully saturated rings. The lowest BCUT2D eigenvalue weighted by Crippen LogP contribution is -2.43. The molecule has 3 heteroatoms. The second-order valence-corrected chi connectivity index (χ2v) is 7.22.